The third-order valence-corrected chi connectivity index (χ3v) is 3.64. The van der Waals surface area contributed by atoms with Crippen molar-refractivity contribution in [1.29, 1.82) is 0 Å². The van der Waals surface area contributed by atoms with E-state index in [0.29, 0.717) is 0 Å². The first-order chi connectivity index (χ1) is 10.1. The summed E-state index contributed by atoms with van der Waals surface area (Å²) in [6.07, 6.45) is 1.84. The van der Waals surface area contributed by atoms with Gasteiger partial charge in [0.25, 0.3) is 5.69 Å². The standard InChI is InChI=1S/C16H17ClN2O2/c1-2-13(10-12-6-4-3-5-7-12)18-14-8-9-16(19(20)21)15(17)11-14/h3-9,11,13,18H,2,10H2,1H3. The van der Waals surface area contributed by atoms with Gasteiger partial charge in [0, 0.05) is 17.8 Å². The molecular formula is C16H17ClN2O2. The van der Waals surface area contributed by atoms with E-state index >= 15 is 0 Å². The molecule has 110 valence electrons. The van der Waals surface area contributed by atoms with Crippen LogP contribution in [0.1, 0.15) is 18.9 Å². The first-order valence-electron chi connectivity index (χ1n) is 6.84. The Labute approximate surface area is 128 Å². The molecule has 21 heavy (non-hydrogen) atoms. The average molecular weight is 305 g/mol. The number of nitro groups is 1. The summed E-state index contributed by atoms with van der Waals surface area (Å²) in [5.41, 5.74) is 1.98. The van der Waals surface area contributed by atoms with Crippen LogP contribution in [0.15, 0.2) is 48.5 Å². The minimum atomic E-state index is -0.479. The molecule has 2 aromatic rings. The van der Waals surface area contributed by atoms with Crippen LogP contribution in [0.3, 0.4) is 0 Å². The lowest BCUT2D eigenvalue weighted by Crippen LogP contribution is -2.21. The number of rotatable bonds is 6. The quantitative estimate of drug-likeness (QED) is 0.622. The topological polar surface area (TPSA) is 55.2 Å². The normalized spacial score (nSPS) is 11.9. The third kappa shape index (κ3) is 4.20. The second kappa shape index (κ2) is 7.09. The van der Waals surface area contributed by atoms with Crippen molar-refractivity contribution in [1.82, 2.24) is 0 Å². The van der Waals surface area contributed by atoms with Crippen molar-refractivity contribution in [2.24, 2.45) is 0 Å². The van der Waals surface area contributed by atoms with Gasteiger partial charge in [0.15, 0.2) is 0 Å². The number of nitrogens with zero attached hydrogens (tertiary/aromatic N) is 1. The van der Waals surface area contributed by atoms with Crippen molar-refractivity contribution in [3.8, 4) is 0 Å². The largest absolute Gasteiger partial charge is 0.382 e. The van der Waals surface area contributed by atoms with Gasteiger partial charge in [-0.1, -0.05) is 48.9 Å². The van der Waals surface area contributed by atoms with E-state index in [-0.39, 0.29) is 16.8 Å². The van der Waals surface area contributed by atoms with E-state index in [0.717, 1.165) is 18.5 Å². The van der Waals surface area contributed by atoms with Gasteiger partial charge in [0.1, 0.15) is 5.02 Å². The second-order valence-corrected chi connectivity index (χ2v) is 5.27. The number of anilines is 1. The highest BCUT2D eigenvalue weighted by Gasteiger charge is 2.13. The Kier molecular flexibility index (Phi) is 5.17. The lowest BCUT2D eigenvalue weighted by Gasteiger charge is -2.18. The van der Waals surface area contributed by atoms with Crippen LogP contribution >= 0.6 is 11.6 Å². The van der Waals surface area contributed by atoms with E-state index in [4.69, 9.17) is 11.6 Å². The Morgan fingerprint density at radius 3 is 2.52 bits per heavy atom. The van der Waals surface area contributed by atoms with Crippen LogP contribution in [0.4, 0.5) is 11.4 Å². The molecule has 0 saturated heterocycles. The number of hydrogen-bond acceptors (Lipinski definition) is 3. The number of nitrogens with one attached hydrogen (secondary N) is 1. The molecule has 0 spiro atoms. The van der Waals surface area contributed by atoms with Crippen molar-refractivity contribution < 1.29 is 4.92 Å². The van der Waals surface area contributed by atoms with E-state index in [2.05, 4.69) is 24.4 Å². The maximum atomic E-state index is 10.8. The summed E-state index contributed by atoms with van der Waals surface area (Å²) < 4.78 is 0. The van der Waals surface area contributed by atoms with Crippen LogP contribution in [0, 0.1) is 10.1 Å². The van der Waals surface area contributed by atoms with Gasteiger partial charge in [-0.05, 0) is 30.5 Å². The molecule has 1 unspecified atom stereocenters. The van der Waals surface area contributed by atoms with Crippen molar-refractivity contribution in [2.75, 3.05) is 5.32 Å². The van der Waals surface area contributed by atoms with Gasteiger partial charge < -0.3 is 5.32 Å². The molecule has 0 heterocycles. The molecule has 0 aliphatic heterocycles. The van der Waals surface area contributed by atoms with Crippen molar-refractivity contribution in [2.45, 2.75) is 25.8 Å². The van der Waals surface area contributed by atoms with Crippen molar-refractivity contribution in [3.05, 3.63) is 69.2 Å². The molecule has 0 aliphatic rings. The summed E-state index contributed by atoms with van der Waals surface area (Å²) in [5.74, 6) is 0. The number of benzene rings is 2. The van der Waals surface area contributed by atoms with Crippen LogP contribution in [0.2, 0.25) is 5.02 Å². The molecule has 0 aliphatic carbocycles. The highest BCUT2D eigenvalue weighted by molar-refractivity contribution is 6.32. The molecule has 1 atom stereocenters. The molecular weight excluding hydrogens is 288 g/mol. The minimum Gasteiger partial charge on any atom is -0.382 e. The summed E-state index contributed by atoms with van der Waals surface area (Å²) in [4.78, 5) is 10.3. The van der Waals surface area contributed by atoms with Gasteiger partial charge in [-0.15, -0.1) is 0 Å². The van der Waals surface area contributed by atoms with Crippen LogP contribution in [-0.4, -0.2) is 11.0 Å². The van der Waals surface area contributed by atoms with Crippen LogP contribution in [0.5, 0.6) is 0 Å². The van der Waals surface area contributed by atoms with Crippen LogP contribution in [-0.2, 0) is 6.42 Å². The zero-order chi connectivity index (χ0) is 15.2. The number of nitro benzene ring substituents is 1. The summed E-state index contributed by atoms with van der Waals surface area (Å²) in [6.45, 7) is 2.10. The number of halogens is 1. The predicted molar refractivity (Wildman–Crippen MR) is 86.0 cm³/mol. The van der Waals surface area contributed by atoms with Gasteiger partial charge in [-0.25, -0.2) is 0 Å². The number of hydrogen-bond donors (Lipinski definition) is 1. The Hall–Kier alpha value is -2.07. The lowest BCUT2D eigenvalue weighted by atomic mass is 10.0. The van der Waals surface area contributed by atoms with Gasteiger partial charge in [-0.3, -0.25) is 10.1 Å². The summed E-state index contributed by atoms with van der Waals surface area (Å²) in [5, 5.41) is 14.3. The zero-order valence-corrected chi connectivity index (χ0v) is 12.5. The summed E-state index contributed by atoms with van der Waals surface area (Å²) in [7, 11) is 0. The Balaban J connectivity index is 2.08. The minimum absolute atomic E-state index is 0.0710. The van der Waals surface area contributed by atoms with Gasteiger partial charge in [-0.2, -0.15) is 0 Å². The van der Waals surface area contributed by atoms with Crippen molar-refractivity contribution >= 4 is 23.0 Å². The molecule has 2 aromatic carbocycles. The molecule has 0 saturated carbocycles. The molecule has 4 nitrogen and oxygen atoms in total. The lowest BCUT2D eigenvalue weighted by molar-refractivity contribution is -0.384. The van der Waals surface area contributed by atoms with Crippen molar-refractivity contribution in [3.63, 3.8) is 0 Å². The Morgan fingerprint density at radius 1 is 1.24 bits per heavy atom. The fourth-order valence-electron chi connectivity index (χ4n) is 2.18. The maximum Gasteiger partial charge on any atom is 0.288 e. The molecule has 0 radical (unpaired) electrons. The van der Waals surface area contributed by atoms with Gasteiger partial charge in [0.2, 0.25) is 0 Å². The Bertz CT molecular complexity index is 617. The monoisotopic (exact) mass is 304 g/mol. The molecule has 5 heteroatoms. The summed E-state index contributed by atoms with van der Waals surface area (Å²) >= 11 is 5.93. The highest BCUT2D eigenvalue weighted by Crippen LogP contribution is 2.27. The second-order valence-electron chi connectivity index (χ2n) is 4.86. The van der Waals surface area contributed by atoms with E-state index in [9.17, 15) is 10.1 Å². The zero-order valence-electron chi connectivity index (χ0n) is 11.8. The first-order valence-corrected chi connectivity index (χ1v) is 7.22. The van der Waals surface area contributed by atoms with E-state index in [1.165, 1.54) is 11.6 Å². The average Bonchev–Trinajstić information content (AvgIpc) is 2.47. The molecule has 1 N–H and O–H groups in total. The highest BCUT2D eigenvalue weighted by atomic mass is 35.5. The molecule has 0 bridgehead atoms. The van der Waals surface area contributed by atoms with Crippen LogP contribution in [0.25, 0.3) is 0 Å². The SMILES string of the molecule is CCC(Cc1ccccc1)Nc1ccc([N+](=O)[O-])c(Cl)c1. The summed E-state index contributed by atoms with van der Waals surface area (Å²) in [6, 6.07) is 15.2. The molecule has 0 amide bonds. The third-order valence-electron chi connectivity index (χ3n) is 3.33. The van der Waals surface area contributed by atoms with Gasteiger partial charge in [0.05, 0.1) is 4.92 Å². The van der Waals surface area contributed by atoms with Gasteiger partial charge >= 0.3 is 0 Å². The predicted octanol–water partition coefficient (Wildman–Crippen LogP) is 4.68. The van der Waals surface area contributed by atoms with E-state index in [1.54, 1.807) is 12.1 Å². The molecule has 0 aromatic heterocycles. The van der Waals surface area contributed by atoms with E-state index < -0.39 is 4.92 Å². The fourth-order valence-corrected chi connectivity index (χ4v) is 2.43. The molecule has 2 rings (SSSR count). The smallest absolute Gasteiger partial charge is 0.288 e. The Morgan fingerprint density at radius 2 is 1.95 bits per heavy atom. The fraction of sp³-hybridized carbons (Fsp3) is 0.250. The van der Waals surface area contributed by atoms with E-state index in [1.807, 2.05) is 18.2 Å². The molecule has 0 fully saturated rings. The maximum absolute atomic E-state index is 10.8. The van der Waals surface area contributed by atoms with Crippen LogP contribution < -0.4 is 5.32 Å². The first kappa shape index (κ1) is 15.3.